The van der Waals surface area contributed by atoms with Crippen LogP contribution in [0.25, 0.3) is 11.3 Å². The molecule has 0 atom stereocenters. The van der Waals surface area contributed by atoms with E-state index in [1.54, 1.807) is 6.07 Å². The van der Waals surface area contributed by atoms with E-state index in [2.05, 4.69) is 24.1 Å². The lowest BCUT2D eigenvalue weighted by Crippen LogP contribution is -2.35. The molecule has 0 radical (unpaired) electrons. The number of rotatable bonds is 6. The van der Waals surface area contributed by atoms with Gasteiger partial charge < -0.3 is 14.6 Å². The number of aromatic nitrogens is 1. The van der Waals surface area contributed by atoms with Crippen molar-refractivity contribution in [3.05, 3.63) is 41.9 Å². The van der Waals surface area contributed by atoms with Crippen molar-refractivity contribution in [3.8, 4) is 11.3 Å². The fraction of sp³-hybridized carbons (Fsp3) is 0.476. The van der Waals surface area contributed by atoms with Crippen LogP contribution in [0.2, 0.25) is 0 Å². The summed E-state index contributed by atoms with van der Waals surface area (Å²) in [6, 6.07) is 7.27. The Kier molecular flexibility index (Phi) is 6.27. The lowest BCUT2D eigenvalue weighted by Gasteiger charge is -2.27. The molecule has 2 heterocycles. The highest BCUT2D eigenvalue weighted by Crippen LogP contribution is 2.28. The van der Waals surface area contributed by atoms with E-state index in [-0.39, 0.29) is 17.5 Å². The van der Waals surface area contributed by atoms with Crippen LogP contribution in [0.5, 0.6) is 0 Å². The maximum absolute atomic E-state index is 13.0. The minimum absolute atomic E-state index is 0.0205. The van der Waals surface area contributed by atoms with Crippen molar-refractivity contribution in [1.82, 2.24) is 15.2 Å². The van der Waals surface area contributed by atoms with Gasteiger partial charge in [-0.3, -0.25) is 9.59 Å². The maximum Gasteiger partial charge on any atom is 0.273 e. The van der Waals surface area contributed by atoms with Crippen LogP contribution in [0.3, 0.4) is 0 Å². The molecule has 6 nitrogen and oxygen atoms in total. The van der Waals surface area contributed by atoms with Crippen molar-refractivity contribution in [2.45, 2.75) is 39.5 Å². The summed E-state index contributed by atoms with van der Waals surface area (Å²) in [5, 5.41) is 2.88. The van der Waals surface area contributed by atoms with E-state index in [0.717, 1.165) is 38.8 Å². The standard InChI is InChI=1S/C21H27N3O3/c1-15(2)10-11-22-20(25)18-19(27-14-23-18)16-8-4-5-9-17(16)21(26)24-12-6-3-7-13-24/h4-5,8-9,14-15H,3,6-7,10-13H2,1-2H3,(H,22,25). The second-order valence-electron chi connectivity index (χ2n) is 7.37. The van der Waals surface area contributed by atoms with Gasteiger partial charge in [-0.1, -0.05) is 32.0 Å². The van der Waals surface area contributed by atoms with Gasteiger partial charge >= 0.3 is 0 Å². The van der Waals surface area contributed by atoms with Crippen molar-refractivity contribution in [2.24, 2.45) is 5.92 Å². The molecule has 0 spiro atoms. The zero-order valence-corrected chi connectivity index (χ0v) is 16.0. The van der Waals surface area contributed by atoms with E-state index in [0.29, 0.717) is 29.3 Å². The third kappa shape index (κ3) is 4.56. The van der Waals surface area contributed by atoms with E-state index in [4.69, 9.17) is 4.42 Å². The van der Waals surface area contributed by atoms with Crippen LogP contribution >= 0.6 is 0 Å². The summed E-state index contributed by atoms with van der Waals surface area (Å²) in [7, 11) is 0. The fourth-order valence-electron chi connectivity index (χ4n) is 3.29. The molecule has 0 unspecified atom stereocenters. The molecule has 1 aromatic carbocycles. The first-order chi connectivity index (χ1) is 13.1. The summed E-state index contributed by atoms with van der Waals surface area (Å²) in [6.07, 6.45) is 5.37. The first-order valence-electron chi connectivity index (χ1n) is 9.68. The lowest BCUT2D eigenvalue weighted by molar-refractivity contribution is 0.0724. The summed E-state index contributed by atoms with van der Waals surface area (Å²) in [6.45, 7) is 6.33. The molecule has 0 bridgehead atoms. The van der Waals surface area contributed by atoms with Gasteiger partial charge in [0.1, 0.15) is 0 Å². The number of carbonyl (C=O) groups excluding carboxylic acids is 2. The number of piperidine rings is 1. The van der Waals surface area contributed by atoms with Crippen molar-refractivity contribution >= 4 is 11.8 Å². The van der Waals surface area contributed by atoms with E-state index in [1.807, 2.05) is 23.1 Å². The van der Waals surface area contributed by atoms with Gasteiger partial charge in [0, 0.05) is 25.2 Å². The SMILES string of the molecule is CC(C)CCNC(=O)c1ncoc1-c1ccccc1C(=O)N1CCCCC1. The molecule has 1 saturated heterocycles. The van der Waals surface area contributed by atoms with Crippen LogP contribution in [-0.2, 0) is 0 Å². The second-order valence-corrected chi connectivity index (χ2v) is 7.37. The second kappa shape index (κ2) is 8.84. The van der Waals surface area contributed by atoms with Crippen molar-refractivity contribution in [2.75, 3.05) is 19.6 Å². The molecular weight excluding hydrogens is 342 g/mol. The molecule has 2 aromatic rings. The van der Waals surface area contributed by atoms with Crippen molar-refractivity contribution in [1.29, 1.82) is 0 Å². The number of likely N-dealkylation sites (tertiary alicyclic amines) is 1. The molecule has 1 aromatic heterocycles. The topological polar surface area (TPSA) is 75.4 Å². The number of oxazole rings is 1. The van der Waals surface area contributed by atoms with Gasteiger partial charge in [-0.2, -0.15) is 0 Å². The Labute approximate surface area is 160 Å². The third-order valence-electron chi connectivity index (χ3n) is 4.84. The van der Waals surface area contributed by atoms with Crippen molar-refractivity contribution < 1.29 is 14.0 Å². The number of hydrogen-bond donors (Lipinski definition) is 1. The highest BCUT2D eigenvalue weighted by atomic mass is 16.3. The molecule has 2 amide bonds. The summed E-state index contributed by atoms with van der Waals surface area (Å²) >= 11 is 0. The Morgan fingerprint density at radius 1 is 1.19 bits per heavy atom. The van der Waals surface area contributed by atoms with E-state index in [1.165, 1.54) is 6.39 Å². The zero-order valence-electron chi connectivity index (χ0n) is 16.0. The van der Waals surface area contributed by atoms with Crippen LogP contribution in [0, 0.1) is 5.92 Å². The molecule has 1 aliphatic rings. The van der Waals surface area contributed by atoms with Crippen molar-refractivity contribution in [3.63, 3.8) is 0 Å². The largest absolute Gasteiger partial charge is 0.443 e. The number of nitrogens with one attached hydrogen (secondary N) is 1. The normalized spacial score (nSPS) is 14.4. The lowest BCUT2D eigenvalue weighted by atomic mass is 10.0. The summed E-state index contributed by atoms with van der Waals surface area (Å²) in [4.78, 5) is 31.5. The fourth-order valence-corrected chi connectivity index (χ4v) is 3.29. The smallest absolute Gasteiger partial charge is 0.273 e. The summed E-state index contributed by atoms with van der Waals surface area (Å²) < 4.78 is 5.53. The first kappa shape index (κ1) is 19.1. The first-order valence-corrected chi connectivity index (χ1v) is 9.68. The number of amides is 2. The van der Waals surface area contributed by atoms with Crippen LogP contribution in [0.4, 0.5) is 0 Å². The minimum atomic E-state index is -0.278. The summed E-state index contributed by atoms with van der Waals surface area (Å²) in [5.74, 6) is 0.551. The van der Waals surface area contributed by atoms with Gasteiger partial charge in [0.05, 0.1) is 5.56 Å². The highest BCUT2D eigenvalue weighted by molar-refractivity contribution is 6.04. The molecule has 6 heteroatoms. The number of carbonyl (C=O) groups is 2. The number of hydrogen-bond acceptors (Lipinski definition) is 4. The predicted molar refractivity (Wildman–Crippen MR) is 103 cm³/mol. The van der Waals surface area contributed by atoms with Crippen LogP contribution in [-0.4, -0.2) is 41.3 Å². The molecule has 0 aliphatic carbocycles. The van der Waals surface area contributed by atoms with Gasteiger partial charge in [0.25, 0.3) is 11.8 Å². The summed E-state index contributed by atoms with van der Waals surface area (Å²) in [5.41, 5.74) is 1.38. The Morgan fingerprint density at radius 2 is 1.93 bits per heavy atom. The number of nitrogens with zero attached hydrogens (tertiary/aromatic N) is 2. The van der Waals surface area contributed by atoms with Gasteiger partial charge in [-0.05, 0) is 37.7 Å². The molecule has 1 aliphatic heterocycles. The Hall–Kier alpha value is -2.63. The Balaban J connectivity index is 1.84. The molecule has 144 valence electrons. The minimum Gasteiger partial charge on any atom is -0.443 e. The van der Waals surface area contributed by atoms with Gasteiger partial charge in [0.2, 0.25) is 0 Å². The van der Waals surface area contributed by atoms with Gasteiger partial charge in [0.15, 0.2) is 17.8 Å². The Bertz CT molecular complexity index is 791. The van der Waals surface area contributed by atoms with Crippen LogP contribution in [0.15, 0.2) is 35.1 Å². The quantitative estimate of drug-likeness (QED) is 0.841. The van der Waals surface area contributed by atoms with Gasteiger partial charge in [-0.15, -0.1) is 0 Å². The van der Waals surface area contributed by atoms with Crippen LogP contribution < -0.4 is 5.32 Å². The van der Waals surface area contributed by atoms with Crippen LogP contribution in [0.1, 0.15) is 60.4 Å². The molecule has 3 rings (SSSR count). The average molecular weight is 369 g/mol. The molecule has 27 heavy (non-hydrogen) atoms. The number of benzene rings is 1. The monoisotopic (exact) mass is 369 g/mol. The zero-order chi connectivity index (χ0) is 19.2. The van der Waals surface area contributed by atoms with E-state index >= 15 is 0 Å². The predicted octanol–water partition coefficient (Wildman–Crippen LogP) is 3.74. The molecule has 0 saturated carbocycles. The molecule has 1 N–H and O–H groups in total. The van der Waals surface area contributed by atoms with E-state index in [9.17, 15) is 9.59 Å². The molecular formula is C21H27N3O3. The average Bonchev–Trinajstić information content (AvgIpc) is 3.17. The Morgan fingerprint density at radius 3 is 2.67 bits per heavy atom. The van der Waals surface area contributed by atoms with E-state index < -0.39 is 0 Å². The van der Waals surface area contributed by atoms with Gasteiger partial charge in [-0.25, -0.2) is 4.98 Å². The third-order valence-corrected chi connectivity index (χ3v) is 4.84. The highest BCUT2D eigenvalue weighted by Gasteiger charge is 2.25. The molecule has 1 fully saturated rings. The maximum atomic E-state index is 13.0.